The van der Waals surface area contributed by atoms with Crippen molar-refractivity contribution in [3.63, 3.8) is 0 Å². The van der Waals surface area contributed by atoms with E-state index in [0.29, 0.717) is 0 Å². The topological polar surface area (TPSA) is 74.6 Å². The molecule has 0 bridgehead atoms. The minimum absolute atomic E-state index is 0.264. The van der Waals surface area contributed by atoms with Crippen molar-refractivity contribution >= 4 is 11.9 Å². The molecule has 4 nitrogen and oxygen atoms in total. The number of carbonyl (C=O) groups is 2. The number of carboxylic acid groups (broad SMARTS) is 2. The highest BCUT2D eigenvalue weighted by molar-refractivity contribution is 5.89. The second kappa shape index (κ2) is 7.69. The molecule has 0 aliphatic rings. The normalized spacial score (nSPS) is 10.9. The zero-order valence-corrected chi connectivity index (χ0v) is 16.1. The molecule has 0 fully saturated rings. The van der Waals surface area contributed by atoms with E-state index < -0.39 is 11.9 Å². The highest BCUT2D eigenvalue weighted by Gasteiger charge is 2.14. The molecule has 0 unspecified atom stereocenters. The van der Waals surface area contributed by atoms with E-state index in [4.69, 9.17) is 10.2 Å². The quantitative estimate of drug-likeness (QED) is 0.587. The number of hydrogen-bond donors (Lipinski definition) is 2. The van der Waals surface area contributed by atoms with Crippen LogP contribution in [0.1, 0.15) is 51.6 Å². The number of benzene rings is 3. The van der Waals surface area contributed by atoms with Gasteiger partial charge < -0.3 is 10.2 Å². The Kier molecular flexibility index (Phi) is 5.32. The molecule has 0 amide bonds. The SMILES string of the molecule is Cc1cc(-c2ccc(C(=O)O)cc2)c(C(C)C)cc1-c1ccc(C(=O)O)cc1. The van der Waals surface area contributed by atoms with E-state index in [9.17, 15) is 9.59 Å². The first-order valence-corrected chi connectivity index (χ1v) is 9.10. The van der Waals surface area contributed by atoms with Gasteiger partial charge in [0.25, 0.3) is 0 Å². The van der Waals surface area contributed by atoms with Crippen molar-refractivity contribution in [3.05, 3.63) is 82.9 Å². The minimum atomic E-state index is -0.939. The summed E-state index contributed by atoms with van der Waals surface area (Å²) in [6.07, 6.45) is 0. The van der Waals surface area contributed by atoms with Gasteiger partial charge >= 0.3 is 11.9 Å². The highest BCUT2D eigenvalue weighted by atomic mass is 16.4. The number of aryl methyl sites for hydroxylation is 1. The summed E-state index contributed by atoms with van der Waals surface area (Å²) in [5.74, 6) is -1.61. The zero-order valence-electron chi connectivity index (χ0n) is 16.1. The van der Waals surface area contributed by atoms with Crippen LogP contribution in [0.3, 0.4) is 0 Å². The summed E-state index contributed by atoms with van der Waals surface area (Å²) in [7, 11) is 0. The molecule has 0 spiro atoms. The Morgan fingerprint density at radius 3 is 1.54 bits per heavy atom. The van der Waals surface area contributed by atoms with Gasteiger partial charge in [0, 0.05) is 0 Å². The molecule has 0 atom stereocenters. The van der Waals surface area contributed by atoms with Crippen molar-refractivity contribution in [1.82, 2.24) is 0 Å². The molecule has 3 aromatic carbocycles. The van der Waals surface area contributed by atoms with Gasteiger partial charge in [-0.2, -0.15) is 0 Å². The van der Waals surface area contributed by atoms with E-state index in [1.54, 1.807) is 24.3 Å². The zero-order chi connectivity index (χ0) is 20.4. The van der Waals surface area contributed by atoms with Crippen LogP contribution in [-0.2, 0) is 0 Å². The Balaban J connectivity index is 2.10. The van der Waals surface area contributed by atoms with Crippen molar-refractivity contribution < 1.29 is 19.8 Å². The summed E-state index contributed by atoms with van der Waals surface area (Å²) >= 11 is 0. The molecule has 0 saturated carbocycles. The lowest BCUT2D eigenvalue weighted by Crippen LogP contribution is -1.99. The largest absolute Gasteiger partial charge is 0.478 e. The van der Waals surface area contributed by atoms with Crippen LogP contribution >= 0.6 is 0 Å². The van der Waals surface area contributed by atoms with Crippen molar-refractivity contribution in [2.45, 2.75) is 26.7 Å². The third-order valence-electron chi connectivity index (χ3n) is 4.90. The number of rotatable bonds is 5. The second-order valence-electron chi connectivity index (χ2n) is 7.17. The van der Waals surface area contributed by atoms with Gasteiger partial charge in [-0.15, -0.1) is 0 Å². The Hall–Kier alpha value is -3.40. The molecule has 0 aliphatic carbocycles. The van der Waals surface area contributed by atoms with Crippen molar-refractivity contribution in [2.75, 3.05) is 0 Å². The van der Waals surface area contributed by atoms with Gasteiger partial charge in [-0.25, -0.2) is 9.59 Å². The molecule has 0 saturated heterocycles. The van der Waals surface area contributed by atoms with Gasteiger partial charge in [-0.3, -0.25) is 0 Å². The fourth-order valence-corrected chi connectivity index (χ4v) is 3.35. The van der Waals surface area contributed by atoms with Crippen LogP contribution in [0.15, 0.2) is 60.7 Å². The summed E-state index contributed by atoms with van der Waals surface area (Å²) < 4.78 is 0. The van der Waals surface area contributed by atoms with E-state index in [-0.39, 0.29) is 17.0 Å². The fraction of sp³-hybridized carbons (Fsp3) is 0.167. The molecule has 0 aromatic heterocycles. The number of carboxylic acids is 2. The Labute approximate surface area is 164 Å². The predicted octanol–water partition coefficient (Wildman–Crippen LogP) is 5.85. The van der Waals surface area contributed by atoms with E-state index in [1.165, 1.54) is 0 Å². The molecule has 28 heavy (non-hydrogen) atoms. The Bertz CT molecular complexity index is 1030. The maximum Gasteiger partial charge on any atom is 0.335 e. The monoisotopic (exact) mass is 374 g/mol. The molecule has 2 N–H and O–H groups in total. The van der Waals surface area contributed by atoms with Crippen LogP contribution in [0.25, 0.3) is 22.3 Å². The molecule has 0 radical (unpaired) electrons. The van der Waals surface area contributed by atoms with Crippen LogP contribution in [0.2, 0.25) is 0 Å². The summed E-state index contributed by atoms with van der Waals surface area (Å²) in [6.45, 7) is 6.27. The first-order chi connectivity index (χ1) is 13.3. The molecular weight excluding hydrogens is 352 g/mol. The molecular formula is C24H22O4. The van der Waals surface area contributed by atoms with Gasteiger partial charge in [0.2, 0.25) is 0 Å². The Morgan fingerprint density at radius 1 is 0.714 bits per heavy atom. The Morgan fingerprint density at radius 2 is 1.14 bits per heavy atom. The molecule has 0 aliphatic heterocycles. The van der Waals surface area contributed by atoms with Crippen molar-refractivity contribution in [1.29, 1.82) is 0 Å². The summed E-state index contributed by atoms with van der Waals surface area (Å²) in [5, 5.41) is 18.2. The molecule has 3 rings (SSSR count). The summed E-state index contributed by atoms with van der Waals surface area (Å²) in [5.41, 5.74) is 6.85. The predicted molar refractivity (Wildman–Crippen MR) is 110 cm³/mol. The summed E-state index contributed by atoms with van der Waals surface area (Å²) in [6, 6.07) is 18.1. The van der Waals surface area contributed by atoms with Crippen LogP contribution in [0.4, 0.5) is 0 Å². The maximum absolute atomic E-state index is 11.1. The standard InChI is InChI=1S/C24H22O4/c1-14(2)20-13-21(16-4-8-18(9-5-16)23(25)26)15(3)12-22(20)17-6-10-19(11-7-17)24(27)28/h4-14H,1-3H3,(H,25,26)(H,27,28). The van der Waals surface area contributed by atoms with E-state index >= 15 is 0 Å². The molecule has 3 aromatic rings. The van der Waals surface area contributed by atoms with E-state index in [1.807, 2.05) is 31.2 Å². The fourth-order valence-electron chi connectivity index (χ4n) is 3.35. The molecule has 0 heterocycles. The van der Waals surface area contributed by atoms with Gasteiger partial charge in [-0.05, 0) is 70.5 Å². The average molecular weight is 374 g/mol. The van der Waals surface area contributed by atoms with Crippen LogP contribution in [-0.4, -0.2) is 22.2 Å². The van der Waals surface area contributed by atoms with Gasteiger partial charge in [0.1, 0.15) is 0 Å². The minimum Gasteiger partial charge on any atom is -0.478 e. The molecule has 4 heteroatoms. The van der Waals surface area contributed by atoms with Crippen LogP contribution in [0.5, 0.6) is 0 Å². The smallest absolute Gasteiger partial charge is 0.335 e. The lowest BCUT2D eigenvalue weighted by molar-refractivity contribution is 0.0686. The summed E-state index contributed by atoms with van der Waals surface area (Å²) in [4.78, 5) is 22.2. The first-order valence-electron chi connectivity index (χ1n) is 9.10. The third kappa shape index (κ3) is 3.81. The lowest BCUT2D eigenvalue weighted by atomic mass is 9.86. The molecule has 142 valence electrons. The number of aromatic carboxylic acids is 2. The maximum atomic E-state index is 11.1. The third-order valence-corrected chi connectivity index (χ3v) is 4.90. The number of hydrogen-bond acceptors (Lipinski definition) is 2. The lowest BCUT2D eigenvalue weighted by Gasteiger charge is -2.18. The van der Waals surface area contributed by atoms with Gasteiger partial charge in [0.05, 0.1) is 11.1 Å². The van der Waals surface area contributed by atoms with Gasteiger partial charge in [-0.1, -0.05) is 50.2 Å². The second-order valence-corrected chi connectivity index (χ2v) is 7.17. The highest BCUT2D eigenvalue weighted by Crippen LogP contribution is 2.36. The average Bonchev–Trinajstić information content (AvgIpc) is 2.67. The van der Waals surface area contributed by atoms with E-state index in [0.717, 1.165) is 33.4 Å². The van der Waals surface area contributed by atoms with Crippen molar-refractivity contribution in [2.24, 2.45) is 0 Å². The first kappa shape index (κ1) is 19.4. The van der Waals surface area contributed by atoms with Crippen LogP contribution in [0, 0.1) is 6.92 Å². The van der Waals surface area contributed by atoms with Crippen molar-refractivity contribution in [3.8, 4) is 22.3 Å². The van der Waals surface area contributed by atoms with Crippen LogP contribution < -0.4 is 0 Å². The van der Waals surface area contributed by atoms with E-state index in [2.05, 4.69) is 26.0 Å². The van der Waals surface area contributed by atoms with Gasteiger partial charge in [0.15, 0.2) is 0 Å².